The van der Waals surface area contributed by atoms with Gasteiger partial charge in [-0.15, -0.1) is 0 Å². The Bertz CT molecular complexity index is 1270. The van der Waals surface area contributed by atoms with Crippen LogP contribution in [0, 0.1) is 12.3 Å². The molecular formula is C24H26ClF3N4O2. The number of fused-ring (bicyclic) bond motifs is 1. The van der Waals surface area contributed by atoms with Crippen molar-refractivity contribution in [2.24, 2.45) is 5.41 Å². The molecule has 1 fully saturated rings. The lowest BCUT2D eigenvalue weighted by atomic mass is 9.81. The summed E-state index contributed by atoms with van der Waals surface area (Å²) in [5.74, 6) is 0.00851. The van der Waals surface area contributed by atoms with Crippen LogP contribution in [-0.2, 0) is 11.0 Å². The van der Waals surface area contributed by atoms with Gasteiger partial charge in [0.2, 0.25) is 0 Å². The van der Waals surface area contributed by atoms with E-state index in [1.165, 1.54) is 6.07 Å². The molecule has 6 nitrogen and oxygen atoms in total. The van der Waals surface area contributed by atoms with Crippen molar-refractivity contribution in [2.45, 2.75) is 52.6 Å². The minimum absolute atomic E-state index is 0.0583. The number of nitrogens with zero attached hydrogens (tertiary/aromatic N) is 4. The van der Waals surface area contributed by atoms with E-state index in [9.17, 15) is 23.1 Å². The second kappa shape index (κ2) is 8.45. The van der Waals surface area contributed by atoms with Crippen molar-refractivity contribution in [2.75, 3.05) is 18.0 Å². The van der Waals surface area contributed by atoms with Gasteiger partial charge in [0.1, 0.15) is 5.82 Å². The van der Waals surface area contributed by atoms with Gasteiger partial charge in [-0.1, -0.05) is 31.5 Å². The monoisotopic (exact) mass is 494 g/mol. The number of aliphatic carboxylic acids is 1. The fourth-order valence-corrected chi connectivity index (χ4v) is 5.00. The lowest BCUT2D eigenvalue weighted by Gasteiger charge is -2.40. The summed E-state index contributed by atoms with van der Waals surface area (Å²) in [5.41, 5.74) is 1.30. The van der Waals surface area contributed by atoms with E-state index < -0.39 is 23.1 Å². The van der Waals surface area contributed by atoms with Gasteiger partial charge < -0.3 is 10.0 Å². The predicted octanol–water partition coefficient (Wildman–Crippen LogP) is 6.19. The largest absolute Gasteiger partial charge is 0.481 e. The maximum absolute atomic E-state index is 13.1. The minimum Gasteiger partial charge on any atom is -0.481 e. The molecule has 1 aromatic carbocycles. The second-order valence-electron chi connectivity index (χ2n) is 9.47. The van der Waals surface area contributed by atoms with Crippen molar-refractivity contribution in [3.63, 3.8) is 0 Å². The Morgan fingerprint density at radius 1 is 1.26 bits per heavy atom. The molecule has 0 unspecified atom stereocenters. The second-order valence-corrected chi connectivity index (χ2v) is 9.88. The SMILES string of the molecule is Cc1nc2cc(-c3ccc(C(F)(F)F)cc3Cl)nn2c(N2CCC[C@](C)(C(=O)O)C2)c1C(C)C. The van der Waals surface area contributed by atoms with E-state index in [-0.39, 0.29) is 10.9 Å². The minimum atomic E-state index is -4.50. The highest BCUT2D eigenvalue weighted by Gasteiger charge is 2.39. The smallest absolute Gasteiger partial charge is 0.416 e. The first-order chi connectivity index (χ1) is 15.8. The summed E-state index contributed by atoms with van der Waals surface area (Å²) < 4.78 is 40.9. The molecule has 0 amide bonds. The summed E-state index contributed by atoms with van der Waals surface area (Å²) in [6.07, 6.45) is -3.21. The first-order valence-electron chi connectivity index (χ1n) is 11.1. The van der Waals surface area contributed by atoms with E-state index in [1.54, 1.807) is 17.5 Å². The van der Waals surface area contributed by atoms with Crippen LogP contribution >= 0.6 is 11.6 Å². The van der Waals surface area contributed by atoms with Crippen LogP contribution in [0.1, 0.15) is 56.4 Å². The van der Waals surface area contributed by atoms with Gasteiger partial charge in [0, 0.05) is 36.0 Å². The molecule has 2 aromatic heterocycles. The van der Waals surface area contributed by atoms with Crippen molar-refractivity contribution < 1.29 is 23.1 Å². The molecule has 1 N–H and O–H groups in total. The van der Waals surface area contributed by atoms with Crippen molar-refractivity contribution in [3.05, 3.63) is 46.1 Å². The van der Waals surface area contributed by atoms with Crippen LogP contribution in [0.25, 0.3) is 16.9 Å². The van der Waals surface area contributed by atoms with Crippen molar-refractivity contribution in [1.82, 2.24) is 14.6 Å². The number of piperidine rings is 1. The van der Waals surface area contributed by atoms with Gasteiger partial charge in [0.25, 0.3) is 0 Å². The summed E-state index contributed by atoms with van der Waals surface area (Å²) >= 11 is 6.23. The number of rotatable bonds is 4. The molecule has 3 heterocycles. The zero-order chi connectivity index (χ0) is 25.0. The van der Waals surface area contributed by atoms with Crippen molar-refractivity contribution in [3.8, 4) is 11.3 Å². The topological polar surface area (TPSA) is 70.7 Å². The number of carbonyl (C=O) groups is 1. The fraction of sp³-hybridized carbons (Fsp3) is 0.458. The number of carboxylic acid groups (broad SMARTS) is 1. The van der Waals surface area contributed by atoms with Crippen molar-refractivity contribution >= 4 is 29.0 Å². The Balaban J connectivity index is 1.89. The van der Waals surface area contributed by atoms with Crippen molar-refractivity contribution in [1.29, 1.82) is 0 Å². The van der Waals surface area contributed by atoms with Crippen LogP contribution in [-0.4, -0.2) is 38.8 Å². The van der Waals surface area contributed by atoms with Crippen LogP contribution in [0.5, 0.6) is 0 Å². The number of hydrogen-bond donors (Lipinski definition) is 1. The molecule has 0 radical (unpaired) electrons. The number of alkyl halides is 3. The molecule has 10 heteroatoms. The fourth-order valence-electron chi connectivity index (χ4n) is 4.72. The van der Waals surface area contributed by atoms with Gasteiger partial charge in [-0.05, 0) is 44.7 Å². The van der Waals surface area contributed by atoms with Crippen LogP contribution in [0.4, 0.5) is 19.0 Å². The molecule has 1 saturated heterocycles. The molecule has 0 saturated carbocycles. The van der Waals surface area contributed by atoms with E-state index in [2.05, 4.69) is 5.10 Å². The molecule has 1 aliphatic rings. The van der Waals surface area contributed by atoms with Gasteiger partial charge in [-0.2, -0.15) is 22.8 Å². The lowest BCUT2D eigenvalue weighted by Crippen LogP contribution is -2.47. The summed E-state index contributed by atoms with van der Waals surface area (Å²) in [5, 5.41) is 14.4. The van der Waals surface area contributed by atoms with Gasteiger partial charge in [-0.3, -0.25) is 4.79 Å². The van der Waals surface area contributed by atoms with Crippen LogP contribution in [0.3, 0.4) is 0 Å². The standard InChI is InChI=1S/C24H26ClF3N4O2/c1-13(2)20-14(3)29-19-11-18(16-7-6-15(10-17(16)25)24(26,27)28)30-32(19)21(20)31-9-5-8-23(4,12-31)22(33)34/h6-7,10-11,13H,5,8-9,12H2,1-4H3,(H,33,34)/t23-/m0/s1. The molecule has 0 aliphatic carbocycles. The number of aryl methyl sites for hydroxylation is 1. The van der Waals surface area contributed by atoms with Gasteiger partial charge in [0.05, 0.1) is 21.7 Å². The quantitative estimate of drug-likeness (QED) is 0.468. The van der Waals surface area contributed by atoms with Crippen LogP contribution < -0.4 is 4.90 Å². The molecular weight excluding hydrogens is 469 g/mol. The number of carboxylic acids is 1. The highest BCUT2D eigenvalue weighted by atomic mass is 35.5. The summed E-state index contributed by atoms with van der Waals surface area (Å²) in [7, 11) is 0. The summed E-state index contributed by atoms with van der Waals surface area (Å²) in [4.78, 5) is 18.7. The number of hydrogen-bond acceptors (Lipinski definition) is 4. The molecule has 4 rings (SSSR count). The van der Waals surface area contributed by atoms with Gasteiger partial charge in [0.15, 0.2) is 5.65 Å². The Kier molecular flexibility index (Phi) is 6.04. The van der Waals surface area contributed by atoms with Crippen LogP contribution in [0.2, 0.25) is 5.02 Å². The van der Waals surface area contributed by atoms with Gasteiger partial charge >= 0.3 is 12.1 Å². The molecule has 1 atom stereocenters. The molecule has 0 spiro atoms. The van der Waals surface area contributed by atoms with E-state index in [1.807, 2.05) is 25.7 Å². The third kappa shape index (κ3) is 4.21. The first-order valence-corrected chi connectivity index (χ1v) is 11.5. The molecule has 34 heavy (non-hydrogen) atoms. The maximum atomic E-state index is 13.1. The average molecular weight is 495 g/mol. The maximum Gasteiger partial charge on any atom is 0.416 e. The lowest BCUT2D eigenvalue weighted by molar-refractivity contribution is -0.148. The zero-order valence-electron chi connectivity index (χ0n) is 19.4. The molecule has 1 aliphatic heterocycles. The Hall–Kier alpha value is -2.81. The van der Waals surface area contributed by atoms with E-state index in [4.69, 9.17) is 16.6 Å². The number of halogens is 4. The molecule has 3 aromatic rings. The first kappa shape index (κ1) is 24.3. The Labute approximate surface area is 200 Å². The average Bonchev–Trinajstić information content (AvgIpc) is 3.14. The molecule has 0 bridgehead atoms. The van der Waals surface area contributed by atoms with Gasteiger partial charge in [-0.25, -0.2) is 4.98 Å². The number of benzene rings is 1. The summed E-state index contributed by atoms with van der Waals surface area (Å²) in [6.45, 7) is 8.71. The zero-order valence-corrected chi connectivity index (χ0v) is 20.1. The molecule has 182 valence electrons. The normalized spacial score (nSPS) is 19.3. The van der Waals surface area contributed by atoms with E-state index in [0.717, 1.165) is 29.2 Å². The Morgan fingerprint density at radius 2 is 1.97 bits per heavy atom. The number of anilines is 1. The predicted molar refractivity (Wildman–Crippen MR) is 124 cm³/mol. The van der Waals surface area contributed by atoms with E-state index in [0.29, 0.717) is 42.8 Å². The number of aromatic nitrogens is 3. The summed E-state index contributed by atoms with van der Waals surface area (Å²) in [6, 6.07) is 4.87. The van der Waals surface area contributed by atoms with E-state index >= 15 is 0 Å². The highest BCUT2D eigenvalue weighted by Crippen LogP contribution is 2.39. The highest BCUT2D eigenvalue weighted by molar-refractivity contribution is 6.33. The van der Waals surface area contributed by atoms with Crippen LogP contribution in [0.15, 0.2) is 24.3 Å². The third-order valence-corrected chi connectivity index (χ3v) is 6.78. The Morgan fingerprint density at radius 3 is 2.56 bits per heavy atom. The third-order valence-electron chi connectivity index (χ3n) is 6.47.